The number of benzene rings is 1. The summed E-state index contributed by atoms with van der Waals surface area (Å²) in [6.07, 6.45) is 0.866. The summed E-state index contributed by atoms with van der Waals surface area (Å²) in [6, 6.07) is 12.0. The van der Waals surface area contributed by atoms with Crippen LogP contribution in [-0.4, -0.2) is 41.7 Å². The molecule has 1 aromatic carbocycles. The molecule has 0 unspecified atom stereocenters. The van der Waals surface area contributed by atoms with Gasteiger partial charge in [-0.2, -0.15) is 0 Å². The maximum Gasteiger partial charge on any atom is 0.287 e. The Bertz CT molecular complexity index is 691. The van der Waals surface area contributed by atoms with Gasteiger partial charge in [0.15, 0.2) is 5.76 Å². The molecule has 2 heterocycles. The number of aliphatic hydroxyl groups excluding tert-OH is 1. The van der Waals surface area contributed by atoms with E-state index in [1.165, 1.54) is 5.56 Å². The van der Waals surface area contributed by atoms with Crippen LogP contribution in [0.4, 0.5) is 0 Å². The lowest BCUT2D eigenvalue weighted by Gasteiger charge is -2.38. The predicted molar refractivity (Wildman–Crippen MR) is 96.3 cm³/mol. The molecule has 134 valence electrons. The number of carbonyl (C=O) groups excluding carboxylic acids is 1. The first kappa shape index (κ1) is 17.7. The molecule has 0 aliphatic carbocycles. The zero-order valence-corrected chi connectivity index (χ0v) is 14.9. The van der Waals surface area contributed by atoms with Gasteiger partial charge in [0.1, 0.15) is 5.76 Å². The Hall–Kier alpha value is -2.11. The molecule has 1 aliphatic rings. The lowest BCUT2D eigenvalue weighted by molar-refractivity contribution is 0.0710. The molecule has 1 aromatic heterocycles. The van der Waals surface area contributed by atoms with Gasteiger partial charge in [0.25, 0.3) is 5.91 Å². The van der Waals surface area contributed by atoms with Crippen molar-refractivity contribution in [3.63, 3.8) is 0 Å². The maximum atomic E-state index is 12.5. The van der Waals surface area contributed by atoms with E-state index in [1.54, 1.807) is 6.07 Å². The van der Waals surface area contributed by atoms with Gasteiger partial charge >= 0.3 is 0 Å². The van der Waals surface area contributed by atoms with Crippen molar-refractivity contribution >= 4 is 5.91 Å². The second kappa shape index (κ2) is 7.85. The fourth-order valence-electron chi connectivity index (χ4n) is 3.36. The molecule has 0 radical (unpaired) electrons. The van der Waals surface area contributed by atoms with E-state index in [4.69, 9.17) is 4.42 Å². The third-order valence-corrected chi connectivity index (χ3v) is 5.03. The lowest BCUT2D eigenvalue weighted by Crippen LogP contribution is -2.53. The first-order chi connectivity index (χ1) is 12.1. The third-order valence-electron chi connectivity index (χ3n) is 5.03. The highest BCUT2D eigenvalue weighted by molar-refractivity contribution is 5.92. The molecule has 0 spiro atoms. The Labute approximate surface area is 148 Å². The molecule has 1 fully saturated rings. The fraction of sp³-hybridized carbons (Fsp3) is 0.450. The van der Waals surface area contributed by atoms with E-state index < -0.39 is 0 Å². The second-order valence-corrected chi connectivity index (χ2v) is 6.88. The Morgan fingerprint density at radius 3 is 2.72 bits per heavy atom. The lowest BCUT2D eigenvalue weighted by atomic mass is 9.92. The molecular weight excluding hydrogens is 316 g/mol. The van der Waals surface area contributed by atoms with Gasteiger partial charge < -0.3 is 14.8 Å². The van der Waals surface area contributed by atoms with E-state index in [2.05, 4.69) is 22.3 Å². The topological polar surface area (TPSA) is 65.7 Å². The van der Waals surface area contributed by atoms with Gasteiger partial charge in [0.2, 0.25) is 0 Å². The molecule has 3 rings (SSSR count). The van der Waals surface area contributed by atoms with Crippen LogP contribution in [0, 0.1) is 19.8 Å². The molecule has 25 heavy (non-hydrogen) atoms. The van der Waals surface area contributed by atoms with E-state index in [0.29, 0.717) is 5.76 Å². The van der Waals surface area contributed by atoms with Crippen molar-refractivity contribution < 1.29 is 14.3 Å². The first-order valence-corrected chi connectivity index (χ1v) is 8.82. The van der Waals surface area contributed by atoms with Crippen LogP contribution in [0.2, 0.25) is 0 Å². The summed E-state index contributed by atoms with van der Waals surface area (Å²) in [5.41, 5.74) is 2.23. The molecule has 5 nitrogen and oxygen atoms in total. The Kier molecular flexibility index (Phi) is 5.56. The molecule has 1 aliphatic heterocycles. The average Bonchev–Trinajstić information content (AvgIpc) is 2.95. The van der Waals surface area contributed by atoms with E-state index in [0.717, 1.165) is 37.4 Å². The summed E-state index contributed by atoms with van der Waals surface area (Å²) in [5.74, 6) is 0.972. The Balaban J connectivity index is 1.65. The van der Waals surface area contributed by atoms with Gasteiger partial charge in [-0.3, -0.25) is 9.69 Å². The smallest absolute Gasteiger partial charge is 0.287 e. The van der Waals surface area contributed by atoms with Crippen molar-refractivity contribution in [3.05, 3.63) is 59.0 Å². The zero-order valence-electron chi connectivity index (χ0n) is 14.9. The number of aryl methyl sites for hydroxylation is 2. The first-order valence-electron chi connectivity index (χ1n) is 8.82. The molecule has 1 amide bonds. The number of likely N-dealkylation sites (tertiary alicyclic amines) is 1. The highest BCUT2D eigenvalue weighted by atomic mass is 16.3. The number of nitrogens with one attached hydrogen (secondary N) is 1. The van der Waals surface area contributed by atoms with Crippen LogP contribution in [0.3, 0.4) is 0 Å². The summed E-state index contributed by atoms with van der Waals surface area (Å²) in [7, 11) is 0. The highest BCUT2D eigenvalue weighted by Crippen LogP contribution is 2.21. The maximum absolute atomic E-state index is 12.5. The highest BCUT2D eigenvalue weighted by Gasteiger charge is 2.30. The number of nitrogens with zero attached hydrogens (tertiary/aromatic N) is 1. The number of amides is 1. The minimum absolute atomic E-state index is 0.0770. The van der Waals surface area contributed by atoms with Crippen molar-refractivity contribution in [2.45, 2.75) is 32.9 Å². The molecule has 0 bridgehead atoms. The molecule has 0 saturated carbocycles. The molecule has 2 atom stereocenters. The van der Waals surface area contributed by atoms with Crippen LogP contribution < -0.4 is 5.32 Å². The van der Waals surface area contributed by atoms with Gasteiger partial charge in [0.05, 0.1) is 0 Å². The number of hydrogen-bond acceptors (Lipinski definition) is 4. The second-order valence-electron chi connectivity index (χ2n) is 6.88. The zero-order chi connectivity index (χ0) is 17.8. The normalized spacial score (nSPS) is 21.2. The molecule has 2 aromatic rings. The summed E-state index contributed by atoms with van der Waals surface area (Å²) in [6.45, 7) is 6.36. The van der Waals surface area contributed by atoms with Crippen LogP contribution in [0.1, 0.15) is 33.9 Å². The number of furan rings is 1. The Morgan fingerprint density at radius 1 is 1.32 bits per heavy atom. The number of carbonyl (C=O) groups is 1. The minimum atomic E-state index is -0.207. The van der Waals surface area contributed by atoms with E-state index in [9.17, 15) is 9.90 Å². The van der Waals surface area contributed by atoms with Gasteiger partial charge in [-0.1, -0.05) is 30.3 Å². The number of rotatable bonds is 5. The SMILES string of the molecule is Cc1cc(C(=O)N[C@@H]2CN(Cc3ccccc3)CC[C@H]2CO)oc1C. The van der Waals surface area contributed by atoms with Crippen LogP contribution in [0.5, 0.6) is 0 Å². The predicted octanol–water partition coefficient (Wildman–Crippen LogP) is 2.51. The van der Waals surface area contributed by atoms with Gasteiger partial charge in [-0.25, -0.2) is 0 Å². The quantitative estimate of drug-likeness (QED) is 0.876. The van der Waals surface area contributed by atoms with Crippen molar-refractivity contribution in [1.82, 2.24) is 10.2 Å². The van der Waals surface area contributed by atoms with Crippen LogP contribution in [0.25, 0.3) is 0 Å². The van der Waals surface area contributed by atoms with Crippen molar-refractivity contribution in [2.24, 2.45) is 5.92 Å². The third kappa shape index (κ3) is 4.30. The molecule has 5 heteroatoms. The fourth-order valence-corrected chi connectivity index (χ4v) is 3.36. The van der Waals surface area contributed by atoms with Gasteiger partial charge in [0, 0.05) is 31.7 Å². The number of hydrogen-bond donors (Lipinski definition) is 2. The summed E-state index contributed by atoms with van der Waals surface area (Å²) < 4.78 is 5.52. The Morgan fingerprint density at radius 2 is 2.08 bits per heavy atom. The van der Waals surface area contributed by atoms with E-state index in [-0.39, 0.29) is 24.5 Å². The summed E-state index contributed by atoms with van der Waals surface area (Å²) >= 11 is 0. The summed E-state index contributed by atoms with van der Waals surface area (Å²) in [4.78, 5) is 14.8. The van der Waals surface area contributed by atoms with Crippen molar-refractivity contribution in [3.8, 4) is 0 Å². The van der Waals surface area contributed by atoms with Crippen LogP contribution in [0.15, 0.2) is 40.8 Å². The molecule has 1 saturated heterocycles. The van der Waals surface area contributed by atoms with Gasteiger partial charge in [-0.05, 0) is 44.0 Å². The van der Waals surface area contributed by atoms with E-state index in [1.807, 2.05) is 32.0 Å². The van der Waals surface area contributed by atoms with E-state index >= 15 is 0 Å². The largest absolute Gasteiger partial charge is 0.456 e. The monoisotopic (exact) mass is 342 g/mol. The van der Waals surface area contributed by atoms with Gasteiger partial charge in [-0.15, -0.1) is 0 Å². The minimum Gasteiger partial charge on any atom is -0.456 e. The number of piperidine rings is 1. The molecule has 2 N–H and O–H groups in total. The van der Waals surface area contributed by atoms with Crippen molar-refractivity contribution in [2.75, 3.05) is 19.7 Å². The summed E-state index contributed by atoms with van der Waals surface area (Å²) in [5, 5.41) is 12.7. The van der Waals surface area contributed by atoms with Crippen LogP contribution >= 0.6 is 0 Å². The molecular formula is C20H26N2O3. The van der Waals surface area contributed by atoms with Crippen LogP contribution in [-0.2, 0) is 6.54 Å². The standard InChI is InChI=1S/C20H26N2O3/c1-14-10-19(25-15(14)2)20(24)21-18-12-22(9-8-17(18)13-23)11-16-6-4-3-5-7-16/h3-7,10,17-18,23H,8-9,11-13H2,1-2H3,(H,21,24)/t17-,18+/m0/s1. The number of aliphatic hydroxyl groups is 1. The van der Waals surface area contributed by atoms with Crippen molar-refractivity contribution in [1.29, 1.82) is 0 Å². The average molecular weight is 342 g/mol.